The predicted molar refractivity (Wildman–Crippen MR) is 72.7 cm³/mol. The molecular weight excluding hydrogens is 296 g/mol. The molecule has 1 amide bonds. The average molecular weight is 307 g/mol. The number of carbonyl (C=O) groups is 1. The van der Waals surface area contributed by atoms with Gasteiger partial charge in [-0.15, -0.1) is 0 Å². The van der Waals surface area contributed by atoms with Gasteiger partial charge in [0.25, 0.3) is 5.91 Å². The minimum Gasteiger partial charge on any atom is -0.505 e. The van der Waals surface area contributed by atoms with Gasteiger partial charge >= 0.3 is 0 Å². The number of carbonyl (C=O) groups excluding carboxylic acids is 1. The lowest BCUT2D eigenvalue weighted by atomic mass is 10.2. The van der Waals surface area contributed by atoms with E-state index in [0.717, 1.165) is 10.0 Å². The van der Waals surface area contributed by atoms with Crippen LogP contribution in [-0.4, -0.2) is 16.0 Å². The zero-order valence-corrected chi connectivity index (χ0v) is 11.2. The normalized spacial score (nSPS) is 10.1. The Kier molecular flexibility index (Phi) is 3.62. The summed E-state index contributed by atoms with van der Waals surface area (Å²) in [4.78, 5) is 15.6. The first-order valence-corrected chi connectivity index (χ1v) is 6.07. The van der Waals surface area contributed by atoms with Gasteiger partial charge in [0.1, 0.15) is 5.75 Å². The van der Waals surface area contributed by atoms with Crippen LogP contribution in [0.3, 0.4) is 0 Å². The number of hydrogen-bond donors (Lipinski definition) is 2. The molecule has 1 heterocycles. The number of amides is 1. The molecule has 0 aliphatic heterocycles. The third kappa shape index (κ3) is 2.68. The molecule has 1 aromatic carbocycles. The van der Waals surface area contributed by atoms with Crippen molar-refractivity contribution in [3.05, 3.63) is 52.3 Å². The van der Waals surface area contributed by atoms with Crippen LogP contribution >= 0.6 is 15.9 Å². The SMILES string of the molecule is Cc1ccc(NC(=O)c2ccncc2O)cc1Br. The maximum Gasteiger partial charge on any atom is 0.259 e. The van der Waals surface area contributed by atoms with Gasteiger partial charge in [-0.2, -0.15) is 0 Å². The second-order valence-corrected chi connectivity index (χ2v) is 4.67. The van der Waals surface area contributed by atoms with E-state index in [9.17, 15) is 9.90 Å². The van der Waals surface area contributed by atoms with Crippen LogP contribution in [0.1, 0.15) is 15.9 Å². The van der Waals surface area contributed by atoms with Crippen molar-refractivity contribution in [3.63, 3.8) is 0 Å². The standard InChI is InChI=1S/C13H11BrN2O2/c1-8-2-3-9(6-11(8)14)16-13(18)10-4-5-15-7-12(10)17/h2-7,17H,1H3,(H,16,18). The first kappa shape index (κ1) is 12.6. The zero-order chi connectivity index (χ0) is 13.1. The minimum atomic E-state index is -0.370. The summed E-state index contributed by atoms with van der Waals surface area (Å²) in [6, 6.07) is 6.97. The molecule has 5 heteroatoms. The van der Waals surface area contributed by atoms with Crippen LogP contribution in [0.15, 0.2) is 41.1 Å². The summed E-state index contributed by atoms with van der Waals surface area (Å²) in [5.74, 6) is -0.508. The van der Waals surface area contributed by atoms with Crippen LogP contribution < -0.4 is 5.32 Å². The highest BCUT2D eigenvalue weighted by Gasteiger charge is 2.11. The van der Waals surface area contributed by atoms with E-state index in [1.807, 2.05) is 19.1 Å². The molecule has 92 valence electrons. The van der Waals surface area contributed by atoms with E-state index in [1.54, 1.807) is 6.07 Å². The van der Waals surface area contributed by atoms with Gasteiger partial charge in [-0.3, -0.25) is 9.78 Å². The highest BCUT2D eigenvalue weighted by molar-refractivity contribution is 9.10. The van der Waals surface area contributed by atoms with Gasteiger partial charge in [0.15, 0.2) is 0 Å². The lowest BCUT2D eigenvalue weighted by Gasteiger charge is -2.07. The third-order valence-corrected chi connectivity index (χ3v) is 3.33. The van der Waals surface area contributed by atoms with Gasteiger partial charge < -0.3 is 10.4 Å². The summed E-state index contributed by atoms with van der Waals surface area (Å²) in [5, 5.41) is 12.2. The number of anilines is 1. The molecular formula is C13H11BrN2O2. The number of aryl methyl sites for hydroxylation is 1. The molecule has 0 spiro atoms. The first-order valence-electron chi connectivity index (χ1n) is 5.28. The number of aromatic nitrogens is 1. The Morgan fingerprint density at radius 2 is 2.17 bits per heavy atom. The topological polar surface area (TPSA) is 62.2 Å². The zero-order valence-electron chi connectivity index (χ0n) is 9.64. The number of rotatable bonds is 2. The quantitative estimate of drug-likeness (QED) is 0.896. The van der Waals surface area contributed by atoms with Gasteiger partial charge in [-0.25, -0.2) is 0 Å². The van der Waals surface area contributed by atoms with Crippen LogP contribution in [0, 0.1) is 6.92 Å². The van der Waals surface area contributed by atoms with E-state index >= 15 is 0 Å². The monoisotopic (exact) mass is 306 g/mol. The Bertz CT molecular complexity index is 599. The van der Waals surface area contributed by atoms with Gasteiger partial charge in [0.05, 0.1) is 11.8 Å². The third-order valence-electron chi connectivity index (χ3n) is 2.47. The molecule has 0 aliphatic carbocycles. The van der Waals surface area contributed by atoms with E-state index in [-0.39, 0.29) is 17.2 Å². The van der Waals surface area contributed by atoms with Crippen molar-refractivity contribution in [2.24, 2.45) is 0 Å². The molecule has 18 heavy (non-hydrogen) atoms. The van der Waals surface area contributed by atoms with Crippen molar-refractivity contribution in [1.82, 2.24) is 4.98 Å². The molecule has 0 bridgehead atoms. The fourth-order valence-electron chi connectivity index (χ4n) is 1.45. The molecule has 1 aromatic heterocycles. The smallest absolute Gasteiger partial charge is 0.259 e. The summed E-state index contributed by atoms with van der Waals surface area (Å²) in [5.41, 5.74) is 1.94. The maximum atomic E-state index is 11.9. The lowest BCUT2D eigenvalue weighted by Crippen LogP contribution is -2.12. The summed E-state index contributed by atoms with van der Waals surface area (Å²) in [6.45, 7) is 1.96. The molecule has 4 nitrogen and oxygen atoms in total. The molecule has 0 saturated heterocycles. The van der Waals surface area contributed by atoms with Crippen molar-refractivity contribution in [2.75, 3.05) is 5.32 Å². The molecule has 0 radical (unpaired) electrons. The summed E-state index contributed by atoms with van der Waals surface area (Å²) >= 11 is 3.40. The van der Waals surface area contributed by atoms with Crippen molar-refractivity contribution >= 4 is 27.5 Å². The van der Waals surface area contributed by atoms with Gasteiger partial charge in [-0.05, 0) is 30.7 Å². The maximum absolute atomic E-state index is 11.9. The van der Waals surface area contributed by atoms with E-state index in [4.69, 9.17) is 0 Å². The fraction of sp³-hybridized carbons (Fsp3) is 0.0769. The first-order chi connectivity index (χ1) is 8.58. The Hall–Kier alpha value is -1.88. The number of nitrogens with one attached hydrogen (secondary N) is 1. The van der Waals surface area contributed by atoms with Gasteiger partial charge in [0.2, 0.25) is 0 Å². The summed E-state index contributed by atoms with van der Waals surface area (Å²) in [6.07, 6.45) is 2.69. The molecule has 0 fully saturated rings. The fourth-order valence-corrected chi connectivity index (χ4v) is 1.83. The molecule has 2 rings (SSSR count). The Morgan fingerprint density at radius 3 is 2.83 bits per heavy atom. The lowest BCUT2D eigenvalue weighted by molar-refractivity contribution is 0.102. The van der Waals surface area contributed by atoms with E-state index in [1.165, 1.54) is 18.5 Å². The number of pyridine rings is 1. The van der Waals surface area contributed by atoms with Crippen LogP contribution in [-0.2, 0) is 0 Å². The van der Waals surface area contributed by atoms with Crippen LogP contribution in [0.25, 0.3) is 0 Å². The molecule has 0 aliphatic rings. The van der Waals surface area contributed by atoms with Crippen molar-refractivity contribution in [2.45, 2.75) is 6.92 Å². The van der Waals surface area contributed by atoms with Gasteiger partial charge in [-0.1, -0.05) is 22.0 Å². The number of hydrogen-bond acceptors (Lipinski definition) is 3. The van der Waals surface area contributed by atoms with Crippen molar-refractivity contribution in [3.8, 4) is 5.75 Å². The molecule has 0 atom stereocenters. The molecule has 2 aromatic rings. The Morgan fingerprint density at radius 1 is 1.39 bits per heavy atom. The number of nitrogens with zero attached hydrogens (tertiary/aromatic N) is 1. The minimum absolute atomic E-state index is 0.138. The van der Waals surface area contributed by atoms with Crippen LogP contribution in [0.5, 0.6) is 5.75 Å². The summed E-state index contributed by atoms with van der Waals surface area (Å²) in [7, 11) is 0. The predicted octanol–water partition coefficient (Wildman–Crippen LogP) is 3.11. The highest BCUT2D eigenvalue weighted by Crippen LogP contribution is 2.22. The largest absolute Gasteiger partial charge is 0.505 e. The Labute approximate surface area is 113 Å². The van der Waals surface area contributed by atoms with Crippen LogP contribution in [0.4, 0.5) is 5.69 Å². The second kappa shape index (κ2) is 5.18. The average Bonchev–Trinajstić information content (AvgIpc) is 2.34. The number of benzene rings is 1. The second-order valence-electron chi connectivity index (χ2n) is 3.81. The molecule has 0 saturated carbocycles. The van der Waals surface area contributed by atoms with E-state index in [2.05, 4.69) is 26.2 Å². The highest BCUT2D eigenvalue weighted by atomic mass is 79.9. The molecule has 0 unspecified atom stereocenters. The van der Waals surface area contributed by atoms with E-state index < -0.39 is 0 Å². The van der Waals surface area contributed by atoms with Crippen molar-refractivity contribution < 1.29 is 9.90 Å². The van der Waals surface area contributed by atoms with Gasteiger partial charge in [0, 0.05) is 16.4 Å². The number of aromatic hydroxyl groups is 1. The van der Waals surface area contributed by atoms with E-state index in [0.29, 0.717) is 5.69 Å². The Balaban J connectivity index is 2.22. The van der Waals surface area contributed by atoms with Crippen LogP contribution in [0.2, 0.25) is 0 Å². The summed E-state index contributed by atoms with van der Waals surface area (Å²) < 4.78 is 0.916. The number of halogens is 1. The molecule has 2 N–H and O–H groups in total. The van der Waals surface area contributed by atoms with Crippen molar-refractivity contribution in [1.29, 1.82) is 0 Å².